The van der Waals surface area contributed by atoms with E-state index in [0.29, 0.717) is 5.69 Å². The molecular weight excluding hydrogens is 406 g/mol. The van der Waals surface area contributed by atoms with Crippen molar-refractivity contribution in [3.63, 3.8) is 0 Å². The molecule has 4 heteroatoms. The van der Waals surface area contributed by atoms with Crippen molar-refractivity contribution < 1.29 is 4.79 Å². The number of carbonyl (C=O) groups excluding carboxylic acids is 1. The zero-order chi connectivity index (χ0) is 23.4. The minimum Gasteiger partial charge on any atom is -0.348 e. The van der Waals surface area contributed by atoms with Gasteiger partial charge in [0.1, 0.15) is 5.69 Å². The molecule has 4 aromatic rings. The average molecular weight is 438 g/mol. The molecule has 1 aromatic heterocycles. The first-order valence-corrected chi connectivity index (χ1v) is 11.5. The topological polar surface area (TPSA) is 46.9 Å². The lowest BCUT2D eigenvalue weighted by Gasteiger charge is -2.15. The van der Waals surface area contributed by atoms with E-state index in [1.54, 1.807) is 4.68 Å². The summed E-state index contributed by atoms with van der Waals surface area (Å²) in [5, 5.41) is 8.00. The quantitative estimate of drug-likeness (QED) is 0.373. The number of nitrogens with one attached hydrogen (secondary N) is 1. The Morgan fingerprint density at radius 1 is 0.909 bits per heavy atom. The summed E-state index contributed by atoms with van der Waals surface area (Å²) < 4.78 is 1.75. The first-order valence-electron chi connectivity index (χ1n) is 11.5. The predicted octanol–water partition coefficient (Wildman–Crippen LogP) is 6.22. The van der Waals surface area contributed by atoms with Gasteiger partial charge in [-0.25, -0.2) is 4.68 Å². The van der Waals surface area contributed by atoms with E-state index in [9.17, 15) is 4.79 Å². The molecule has 0 saturated carbocycles. The summed E-state index contributed by atoms with van der Waals surface area (Å²) in [6.07, 6.45) is 1.80. The zero-order valence-electron chi connectivity index (χ0n) is 19.8. The van der Waals surface area contributed by atoms with Crippen molar-refractivity contribution in [2.75, 3.05) is 0 Å². The predicted molar refractivity (Wildman–Crippen MR) is 135 cm³/mol. The third-order valence-electron chi connectivity index (χ3n) is 6.11. The van der Waals surface area contributed by atoms with Crippen LogP contribution in [0.5, 0.6) is 0 Å². The Morgan fingerprint density at radius 2 is 1.64 bits per heavy atom. The van der Waals surface area contributed by atoms with Gasteiger partial charge in [0.15, 0.2) is 0 Å². The highest BCUT2D eigenvalue weighted by Gasteiger charge is 2.19. The first kappa shape index (κ1) is 22.5. The monoisotopic (exact) mass is 437 g/mol. The Labute approximate surface area is 196 Å². The van der Waals surface area contributed by atoms with Gasteiger partial charge in [-0.3, -0.25) is 4.79 Å². The molecule has 0 fully saturated rings. The van der Waals surface area contributed by atoms with Crippen LogP contribution in [0.4, 0.5) is 0 Å². The molecule has 0 radical (unpaired) electrons. The second-order valence-electron chi connectivity index (χ2n) is 8.86. The van der Waals surface area contributed by atoms with Crippen LogP contribution in [0.2, 0.25) is 0 Å². The van der Waals surface area contributed by atoms with Crippen LogP contribution in [0, 0.1) is 20.8 Å². The molecule has 0 saturated heterocycles. The van der Waals surface area contributed by atoms with Crippen LogP contribution in [0.1, 0.15) is 46.1 Å². The van der Waals surface area contributed by atoms with Gasteiger partial charge in [-0.05, 0) is 81.5 Å². The zero-order valence-corrected chi connectivity index (χ0v) is 19.8. The minimum atomic E-state index is -0.112. The highest BCUT2D eigenvalue weighted by molar-refractivity contribution is 5.94. The first-order chi connectivity index (χ1) is 15.9. The van der Waals surface area contributed by atoms with E-state index >= 15 is 0 Å². The lowest BCUT2D eigenvalue weighted by molar-refractivity contribution is 0.0930. The molecule has 1 atom stereocenters. The van der Waals surface area contributed by atoms with Gasteiger partial charge in [0, 0.05) is 11.6 Å². The number of benzene rings is 3. The Kier molecular flexibility index (Phi) is 6.74. The second kappa shape index (κ2) is 9.86. The van der Waals surface area contributed by atoms with Gasteiger partial charge >= 0.3 is 0 Å². The molecule has 33 heavy (non-hydrogen) atoms. The highest BCUT2D eigenvalue weighted by Crippen LogP contribution is 2.24. The van der Waals surface area contributed by atoms with Gasteiger partial charge < -0.3 is 5.32 Å². The molecule has 1 heterocycles. The summed E-state index contributed by atoms with van der Waals surface area (Å²) in [5.74, 6) is -0.112. The molecule has 1 unspecified atom stereocenters. The van der Waals surface area contributed by atoms with E-state index in [4.69, 9.17) is 5.10 Å². The Bertz CT molecular complexity index is 1240. The minimum absolute atomic E-state index is 0.0455. The van der Waals surface area contributed by atoms with Gasteiger partial charge in [0.05, 0.1) is 11.4 Å². The molecule has 0 aliphatic rings. The Morgan fingerprint density at radius 3 is 2.33 bits per heavy atom. The van der Waals surface area contributed by atoms with Crippen LogP contribution in [0.15, 0.2) is 78.9 Å². The van der Waals surface area contributed by atoms with E-state index in [1.807, 2.05) is 48.5 Å². The molecule has 168 valence electrons. The summed E-state index contributed by atoms with van der Waals surface area (Å²) in [5.41, 5.74) is 8.10. The molecular formula is C29H31N3O. The van der Waals surface area contributed by atoms with Crippen molar-refractivity contribution >= 4 is 5.91 Å². The maximum Gasteiger partial charge on any atom is 0.270 e. The maximum atomic E-state index is 13.3. The maximum absolute atomic E-state index is 13.3. The fourth-order valence-corrected chi connectivity index (χ4v) is 3.87. The summed E-state index contributed by atoms with van der Waals surface area (Å²) in [4.78, 5) is 13.3. The fourth-order valence-electron chi connectivity index (χ4n) is 3.87. The molecule has 4 rings (SSSR count). The third kappa shape index (κ3) is 5.40. The van der Waals surface area contributed by atoms with Gasteiger partial charge in [-0.2, -0.15) is 5.10 Å². The lowest BCUT2D eigenvalue weighted by Crippen LogP contribution is -2.34. The smallest absolute Gasteiger partial charge is 0.270 e. The molecule has 3 aromatic carbocycles. The van der Waals surface area contributed by atoms with E-state index in [-0.39, 0.29) is 11.9 Å². The van der Waals surface area contributed by atoms with Gasteiger partial charge in [0.25, 0.3) is 5.91 Å². The van der Waals surface area contributed by atoms with Crippen molar-refractivity contribution in [2.45, 2.75) is 46.6 Å². The van der Waals surface area contributed by atoms with Crippen LogP contribution in [-0.4, -0.2) is 21.7 Å². The largest absolute Gasteiger partial charge is 0.348 e. The number of aryl methyl sites for hydroxylation is 4. The molecule has 0 bridgehead atoms. The molecule has 1 N–H and O–H groups in total. The van der Waals surface area contributed by atoms with Crippen LogP contribution in [-0.2, 0) is 6.42 Å². The Hall–Kier alpha value is -3.66. The second-order valence-corrected chi connectivity index (χ2v) is 8.86. The average Bonchev–Trinajstić information content (AvgIpc) is 3.26. The number of hydrogen-bond acceptors (Lipinski definition) is 2. The van der Waals surface area contributed by atoms with Crippen molar-refractivity contribution in [3.8, 4) is 16.9 Å². The molecule has 0 aliphatic heterocycles. The number of aromatic nitrogens is 2. The molecule has 0 spiro atoms. The van der Waals surface area contributed by atoms with Crippen LogP contribution in [0.25, 0.3) is 16.9 Å². The fraction of sp³-hybridized carbons (Fsp3) is 0.241. The standard InChI is InChI=1S/C29H31N3O/c1-20-10-16-26(17-11-20)32-28(19-27(31-32)25-15-12-21(2)22(3)18-25)29(33)30-23(4)13-14-24-8-6-5-7-9-24/h5-12,15-19,23H,13-14H2,1-4H3,(H,30,33). The summed E-state index contributed by atoms with van der Waals surface area (Å²) in [6.45, 7) is 8.30. The number of amides is 1. The number of carbonyl (C=O) groups is 1. The molecule has 1 amide bonds. The van der Waals surface area contributed by atoms with Crippen molar-refractivity contribution in [1.82, 2.24) is 15.1 Å². The molecule has 0 aliphatic carbocycles. The van der Waals surface area contributed by atoms with Crippen molar-refractivity contribution in [3.05, 3.63) is 107 Å². The third-order valence-corrected chi connectivity index (χ3v) is 6.11. The summed E-state index contributed by atoms with van der Waals surface area (Å²) in [7, 11) is 0. The van der Waals surface area contributed by atoms with Crippen LogP contribution in [0.3, 0.4) is 0 Å². The van der Waals surface area contributed by atoms with Crippen molar-refractivity contribution in [2.24, 2.45) is 0 Å². The highest BCUT2D eigenvalue weighted by atomic mass is 16.2. The van der Waals surface area contributed by atoms with Crippen LogP contribution < -0.4 is 5.32 Å². The lowest BCUT2D eigenvalue weighted by atomic mass is 10.0. The number of rotatable bonds is 7. The number of nitrogens with zero attached hydrogens (tertiary/aromatic N) is 2. The summed E-state index contributed by atoms with van der Waals surface area (Å²) >= 11 is 0. The van der Waals surface area contributed by atoms with Gasteiger partial charge in [-0.1, -0.05) is 60.2 Å². The van der Waals surface area contributed by atoms with Crippen LogP contribution >= 0.6 is 0 Å². The molecule has 4 nitrogen and oxygen atoms in total. The van der Waals surface area contributed by atoms with Crippen molar-refractivity contribution in [1.29, 1.82) is 0 Å². The SMILES string of the molecule is Cc1ccc(-n2nc(-c3ccc(C)c(C)c3)cc2C(=O)NC(C)CCc2ccccc2)cc1. The summed E-state index contributed by atoms with van der Waals surface area (Å²) in [6, 6.07) is 26.7. The normalized spacial score (nSPS) is 11.9. The van der Waals surface area contributed by atoms with Gasteiger partial charge in [-0.15, -0.1) is 0 Å². The number of hydrogen-bond donors (Lipinski definition) is 1. The van der Waals surface area contributed by atoms with E-state index < -0.39 is 0 Å². The van der Waals surface area contributed by atoms with E-state index in [1.165, 1.54) is 22.3 Å². The Balaban J connectivity index is 1.60. The van der Waals surface area contributed by atoms with E-state index in [2.05, 4.69) is 63.3 Å². The van der Waals surface area contributed by atoms with Gasteiger partial charge in [0.2, 0.25) is 0 Å². The van der Waals surface area contributed by atoms with E-state index in [0.717, 1.165) is 29.8 Å².